The summed E-state index contributed by atoms with van der Waals surface area (Å²) in [4.78, 5) is 11.7. The minimum Gasteiger partial charge on any atom is -0.353 e. The fourth-order valence-electron chi connectivity index (χ4n) is 1.60. The predicted octanol–water partition coefficient (Wildman–Crippen LogP) is 1.65. The SMILES string of the molecule is CNCC(C)C(=O)NC(C)Cc1ccsc1. The van der Waals surface area contributed by atoms with Crippen LogP contribution in [0, 0.1) is 5.92 Å². The van der Waals surface area contributed by atoms with Crippen LogP contribution in [0.1, 0.15) is 19.4 Å². The molecule has 0 saturated heterocycles. The topological polar surface area (TPSA) is 41.1 Å². The van der Waals surface area contributed by atoms with E-state index in [-0.39, 0.29) is 17.9 Å². The minimum atomic E-state index is 0.0231. The van der Waals surface area contributed by atoms with Crippen LogP contribution < -0.4 is 10.6 Å². The Labute approximate surface area is 101 Å². The van der Waals surface area contributed by atoms with Crippen molar-refractivity contribution in [2.24, 2.45) is 5.92 Å². The van der Waals surface area contributed by atoms with Crippen molar-refractivity contribution in [3.63, 3.8) is 0 Å². The van der Waals surface area contributed by atoms with E-state index in [9.17, 15) is 4.79 Å². The molecule has 0 aliphatic heterocycles. The lowest BCUT2D eigenvalue weighted by molar-refractivity contribution is -0.124. The lowest BCUT2D eigenvalue weighted by Gasteiger charge is -2.16. The molecule has 1 rings (SSSR count). The maximum absolute atomic E-state index is 11.7. The molecule has 2 unspecified atom stereocenters. The molecule has 1 amide bonds. The summed E-state index contributed by atoms with van der Waals surface area (Å²) < 4.78 is 0. The number of carbonyl (C=O) groups excluding carboxylic acids is 1. The maximum atomic E-state index is 11.7. The molecular formula is C12H20N2OS. The van der Waals surface area contributed by atoms with Crippen molar-refractivity contribution in [1.29, 1.82) is 0 Å². The molecule has 0 aromatic carbocycles. The summed E-state index contributed by atoms with van der Waals surface area (Å²) in [6.07, 6.45) is 0.904. The van der Waals surface area contributed by atoms with Crippen LogP contribution in [0.4, 0.5) is 0 Å². The summed E-state index contributed by atoms with van der Waals surface area (Å²) in [5, 5.41) is 10.2. The second-order valence-electron chi connectivity index (χ2n) is 4.20. The van der Waals surface area contributed by atoms with Gasteiger partial charge in [0, 0.05) is 18.5 Å². The van der Waals surface area contributed by atoms with E-state index in [1.54, 1.807) is 11.3 Å². The van der Waals surface area contributed by atoms with Crippen molar-refractivity contribution >= 4 is 17.2 Å². The largest absolute Gasteiger partial charge is 0.353 e. The van der Waals surface area contributed by atoms with Crippen molar-refractivity contribution < 1.29 is 4.79 Å². The first-order valence-electron chi connectivity index (χ1n) is 5.59. The second kappa shape index (κ2) is 6.66. The summed E-state index contributed by atoms with van der Waals surface area (Å²) in [5.74, 6) is 0.145. The average Bonchev–Trinajstić information content (AvgIpc) is 2.70. The van der Waals surface area contributed by atoms with Gasteiger partial charge in [0.1, 0.15) is 0 Å². The molecule has 1 heterocycles. The lowest BCUT2D eigenvalue weighted by atomic mass is 10.1. The average molecular weight is 240 g/mol. The van der Waals surface area contributed by atoms with Gasteiger partial charge in [-0.15, -0.1) is 0 Å². The summed E-state index contributed by atoms with van der Waals surface area (Å²) >= 11 is 1.69. The van der Waals surface area contributed by atoms with Crippen LogP contribution in [0.25, 0.3) is 0 Å². The highest BCUT2D eigenvalue weighted by Gasteiger charge is 2.14. The van der Waals surface area contributed by atoms with Crippen LogP contribution >= 0.6 is 11.3 Å². The van der Waals surface area contributed by atoms with E-state index in [0.29, 0.717) is 0 Å². The standard InChI is InChI=1S/C12H20N2OS/c1-9(7-13-3)12(15)14-10(2)6-11-4-5-16-8-11/h4-5,8-10,13H,6-7H2,1-3H3,(H,14,15). The molecule has 0 aliphatic carbocycles. The number of carbonyl (C=O) groups is 1. The zero-order valence-electron chi connectivity index (χ0n) is 10.1. The Morgan fingerprint density at radius 2 is 2.25 bits per heavy atom. The van der Waals surface area contributed by atoms with Gasteiger partial charge in [-0.2, -0.15) is 11.3 Å². The van der Waals surface area contributed by atoms with E-state index in [0.717, 1.165) is 13.0 Å². The third kappa shape index (κ3) is 4.33. The van der Waals surface area contributed by atoms with E-state index in [1.807, 2.05) is 20.9 Å². The van der Waals surface area contributed by atoms with Gasteiger partial charge in [0.25, 0.3) is 0 Å². The molecule has 2 N–H and O–H groups in total. The number of thiophene rings is 1. The summed E-state index contributed by atoms with van der Waals surface area (Å²) in [6, 6.07) is 2.30. The van der Waals surface area contributed by atoms with Crippen LogP contribution in [-0.4, -0.2) is 25.5 Å². The number of amides is 1. The van der Waals surface area contributed by atoms with E-state index >= 15 is 0 Å². The molecule has 0 radical (unpaired) electrons. The normalized spacial score (nSPS) is 14.4. The molecule has 0 aliphatic rings. The smallest absolute Gasteiger partial charge is 0.224 e. The van der Waals surface area contributed by atoms with Crippen LogP contribution in [0.3, 0.4) is 0 Å². The zero-order valence-corrected chi connectivity index (χ0v) is 10.9. The van der Waals surface area contributed by atoms with Gasteiger partial charge in [-0.3, -0.25) is 4.79 Å². The van der Waals surface area contributed by atoms with Gasteiger partial charge in [-0.1, -0.05) is 6.92 Å². The Bertz CT molecular complexity index is 311. The predicted molar refractivity (Wildman–Crippen MR) is 68.7 cm³/mol. The first kappa shape index (κ1) is 13.2. The minimum absolute atomic E-state index is 0.0231. The molecule has 3 nitrogen and oxygen atoms in total. The Balaban J connectivity index is 2.33. The zero-order chi connectivity index (χ0) is 12.0. The quantitative estimate of drug-likeness (QED) is 0.794. The molecule has 4 heteroatoms. The first-order valence-corrected chi connectivity index (χ1v) is 6.53. The van der Waals surface area contributed by atoms with E-state index in [2.05, 4.69) is 27.5 Å². The Morgan fingerprint density at radius 3 is 2.81 bits per heavy atom. The van der Waals surface area contributed by atoms with Crippen LogP contribution in [-0.2, 0) is 11.2 Å². The third-order valence-electron chi connectivity index (χ3n) is 2.47. The summed E-state index contributed by atoms with van der Waals surface area (Å²) in [6.45, 7) is 4.70. The van der Waals surface area contributed by atoms with Crippen LogP contribution in [0.5, 0.6) is 0 Å². The fraction of sp³-hybridized carbons (Fsp3) is 0.583. The molecule has 0 bridgehead atoms. The molecule has 1 aromatic heterocycles. The Morgan fingerprint density at radius 1 is 1.50 bits per heavy atom. The van der Waals surface area contributed by atoms with E-state index in [4.69, 9.17) is 0 Å². The van der Waals surface area contributed by atoms with Gasteiger partial charge in [0.2, 0.25) is 5.91 Å². The van der Waals surface area contributed by atoms with Gasteiger partial charge in [0.05, 0.1) is 0 Å². The molecule has 0 saturated carbocycles. The highest BCUT2D eigenvalue weighted by atomic mass is 32.1. The fourth-order valence-corrected chi connectivity index (χ4v) is 2.28. The molecule has 0 spiro atoms. The number of hydrogen-bond donors (Lipinski definition) is 2. The van der Waals surface area contributed by atoms with Gasteiger partial charge < -0.3 is 10.6 Å². The van der Waals surface area contributed by atoms with E-state index < -0.39 is 0 Å². The van der Waals surface area contributed by atoms with Crippen molar-refractivity contribution in [2.75, 3.05) is 13.6 Å². The maximum Gasteiger partial charge on any atom is 0.224 e. The van der Waals surface area contributed by atoms with Crippen molar-refractivity contribution in [3.05, 3.63) is 22.4 Å². The van der Waals surface area contributed by atoms with Crippen molar-refractivity contribution in [1.82, 2.24) is 10.6 Å². The molecule has 2 atom stereocenters. The monoisotopic (exact) mass is 240 g/mol. The third-order valence-corrected chi connectivity index (χ3v) is 3.20. The first-order chi connectivity index (χ1) is 7.63. The highest BCUT2D eigenvalue weighted by Crippen LogP contribution is 2.08. The number of hydrogen-bond acceptors (Lipinski definition) is 3. The van der Waals surface area contributed by atoms with Gasteiger partial charge in [-0.25, -0.2) is 0 Å². The summed E-state index contributed by atoms with van der Waals surface area (Å²) in [5.41, 5.74) is 1.29. The molecule has 16 heavy (non-hydrogen) atoms. The van der Waals surface area contributed by atoms with Gasteiger partial charge >= 0.3 is 0 Å². The van der Waals surface area contributed by atoms with Crippen molar-refractivity contribution in [2.45, 2.75) is 26.3 Å². The van der Waals surface area contributed by atoms with Crippen LogP contribution in [0.15, 0.2) is 16.8 Å². The molecular weight excluding hydrogens is 220 g/mol. The highest BCUT2D eigenvalue weighted by molar-refractivity contribution is 7.07. The Hall–Kier alpha value is -0.870. The number of rotatable bonds is 6. The molecule has 90 valence electrons. The Kier molecular flexibility index (Phi) is 5.49. The molecule has 0 fully saturated rings. The van der Waals surface area contributed by atoms with Crippen molar-refractivity contribution in [3.8, 4) is 0 Å². The second-order valence-corrected chi connectivity index (χ2v) is 4.98. The van der Waals surface area contributed by atoms with Gasteiger partial charge in [0.15, 0.2) is 0 Å². The summed E-state index contributed by atoms with van der Waals surface area (Å²) in [7, 11) is 1.86. The number of nitrogens with one attached hydrogen (secondary N) is 2. The molecule has 1 aromatic rings. The van der Waals surface area contributed by atoms with Crippen LogP contribution in [0.2, 0.25) is 0 Å². The van der Waals surface area contributed by atoms with Gasteiger partial charge in [-0.05, 0) is 42.8 Å². The van der Waals surface area contributed by atoms with E-state index in [1.165, 1.54) is 5.56 Å². The lowest BCUT2D eigenvalue weighted by Crippen LogP contribution is -2.40.